The molecule has 0 radical (unpaired) electrons. The Hall–Kier alpha value is -0.120. The standard InChI is InChI=1S/C12H26N2O/c1-6-15-12(4,5)10-14-8-7-13-11(2,3)9-14/h13H,6-10H2,1-5H3. The van der Waals surface area contributed by atoms with Crippen molar-refractivity contribution in [2.24, 2.45) is 0 Å². The molecular formula is C12H26N2O. The van der Waals surface area contributed by atoms with E-state index in [1.165, 1.54) is 0 Å². The Kier molecular flexibility index (Phi) is 4.15. The predicted octanol–water partition coefficient (Wildman–Crippen LogP) is 1.49. The van der Waals surface area contributed by atoms with Gasteiger partial charge in [0.15, 0.2) is 0 Å². The fourth-order valence-corrected chi connectivity index (χ4v) is 2.36. The van der Waals surface area contributed by atoms with Gasteiger partial charge < -0.3 is 10.1 Å². The fourth-order valence-electron chi connectivity index (χ4n) is 2.36. The van der Waals surface area contributed by atoms with E-state index in [0.717, 1.165) is 32.8 Å². The second-order valence-corrected chi connectivity index (χ2v) is 5.71. The molecule has 90 valence electrons. The third-order valence-corrected chi connectivity index (χ3v) is 2.79. The van der Waals surface area contributed by atoms with Crippen molar-refractivity contribution in [2.45, 2.75) is 45.8 Å². The molecule has 1 saturated heterocycles. The van der Waals surface area contributed by atoms with Gasteiger partial charge in [-0.05, 0) is 34.6 Å². The first-order valence-corrected chi connectivity index (χ1v) is 5.96. The number of hydrogen-bond acceptors (Lipinski definition) is 3. The highest BCUT2D eigenvalue weighted by Gasteiger charge is 2.29. The lowest BCUT2D eigenvalue weighted by atomic mass is 10.0. The van der Waals surface area contributed by atoms with E-state index in [1.807, 2.05) is 0 Å². The minimum Gasteiger partial charge on any atom is -0.375 e. The van der Waals surface area contributed by atoms with Gasteiger partial charge in [-0.15, -0.1) is 0 Å². The van der Waals surface area contributed by atoms with Gasteiger partial charge in [-0.1, -0.05) is 0 Å². The van der Waals surface area contributed by atoms with Crippen LogP contribution in [0.25, 0.3) is 0 Å². The molecule has 0 unspecified atom stereocenters. The van der Waals surface area contributed by atoms with E-state index in [4.69, 9.17) is 4.74 Å². The second kappa shape index (κ2) is 4.81. The van der Waals surface area contributed by atoms with E-state index in [0.29, 0.717) is 0 Å². The molecule has 0 atom stereocenters. The van der Waals surface area contributed by atoms with Crippen molar-refractivity contribution in [1.82, 2.24) is 10.2 Å². The van der Waals surface area contributed by atoms with Gasteiger partial charge in [0.25, 0.3) is 0 Å². The van der Waals surface area contributed by atoms with E-state index >= 15 is 0 Å². The van der Waals surface area contributed by atoms with Crippen molar-refractivity contribution in [1.29, 1.82) is 0 Å². The van der Waals surface area contributed by atoms with Crippen LogP contribution in [0.2, 0.25) is 0 Å². The van der Waals surface area contributed by atoms with Gasteiger partial charge >= 0.3 is 0 Å². The summed E-state index contributed by atoms with van der Waals surface area (Å²) in [7, 11) is 0. The van der Waals surface area contributed by atoms with Crippen LogP contribution in [0.3, 0.4) is 0 Å². The minimum atomic E-state index is -0.0256. The highest BCUT2D eigenvalue weighted by molar-refractivity contribution is 4.89. The van der Waals surface area contributed by atoms with Crippen LogP contribution in [0.15, 0.2) is 0 Å². The molecule has 0 spiro atoms. The van der Waals surface area contributed by atoms with Gasteiger partial charge in [0.05, 0.1) is 5.60 Å². The summed E-state index contributed by atoms with van der Waals surface area (Å²) in [6.07, 6.45) is 0. The maximum atomic E-state index is 5.74. The van der Waals surface area contributed by atoms with Gasteiger partial charge in [-0.2, -0.15) is 0 Å². The molecule has 1 fully saturated rings. The van der Waals surface area contributed by atoms with Crippen LogP contribution in [0.5, 0.6) is 0 Å². The van der Waals surface area contributed by atoms with Crippen molar-refractivity contribution >= 4 is 0 Å². The van der Waals surface area contributed by atoms with Crippen molar-refractivity contribution in [3.63, 3.8) is 0 Å². The zero-order chi connectivity index (χ0) is 11.5. The third kappa shape index (κ3) is 4.49. The van der Waals surface area contributed by atoms with E-state index < -0.39 is 0 Å². The molecule has 1 heterocycles. The summed E-state index contributed by atoms with van der Waals surface area (Å²) in [4.78, 5) is 2.49. The van der Waals surface area contributed by atoms with Crippen molar-refractivity contribution in [2.75, 3.05) is 32.8 Å². The smallest absolute Gasteiger partial charge is 0.0752 e. The number of nitrogens with one attached hydrogen (secondary N) is 1. The lowest BCUT2D eigenvalue weighted by Crippen LogP contribution is -2.59. The van der Waals surface area contributed by atoms with Crippen LogP contribution in [-0.2, 0) is 4.74 Å². The van der Waals surface area contributed by atoms with Crippen molar-refractivity contribution < 1.29 is 4.74 Å². The first kappa shape index (κ1) is 12.9. The van der Waals surface area contributed by atoms with Crippen LogP contribution in [0.4, 0.5) is 0 Å². The van der Waals surface area contributed by atoms with E-state index in [1.54, 1.807) is 0 Å². The Morgan fingerprint density at radius 1 is 1.40 bits per heavy atom. The summed E-state index contributed by atoms with van der Waals surface area (Å²) >= 11 is 0. The molecular weight excluding hydrogens is 188 g/mol. The fraction of sp³-hybridized carbons (Fsp3) is 1.00. The predicted molar refractivity (Wildman–Crippen MR) is 64.2 cm³/mol. The summed E-state index contributed by atoms with van der Waals surface area (Å²) in [5.41, 5.74) is 0.211. The molecule has 3 nitrogen and oxygen atoms in total. The molecule has 1 aliphatic heterocycles. The van der Waals surface area contributed by atoms with Crippen molar-refractivity contribution in [3.8, 4) is 0 Å². The minimum absolute atomic E-state index is 0.0256. The molecule has 1 rings (SSSR count). The lowest BCUT2D eigenvalue weighted by molar-refractivity contribution is -0.0416. The Bertz CT molecular complexity index is 202. The molecule has 3 heteroatoms. The number of piperazine rings is 1. The highest BCUT2D eigenvalue weighted by Crippen LogP contribution is 2.16. The zero-order valence-electron chi connectivity index (χ0n) is 10.9. The van der Waals surface area contributed by atoms with Crippen LogP contribution in [0, 0.1) is 0 Å². The summed E-state index contributed by atoms with van der Waals surface area (Å²) < 4.78 is 5.74. The molecule has 0 aromatic carbocycles. The normalized spacial score (nSPS) is 23.0. The SMILES string of the molecule is CCOC(C)(C)CN1CCNC(C)(C)C1. The molecule has 0 saturated carbocycles. The van der Waals surface area contributed by atoms with Crippen molar-refractivity contribution in [3.05, 3.63) is 0 Å². The molecule has 0 bridgehead atoms. The zero-order valence-corrected chi connectivity index (χ0v) is 10.9. The van der Waals surface area contributed by atoms with Crippen LogP contribution < -0.4 is 5.32 Å². The highest BCUT2D eigenvalue weighted by atomic mass is 16.5. The Morgan fingerprint density at radius 2 is 2.07 bits per heavy atom. The first-order chi connectivity index (χ1) is 6.85. The lowest BCUT2D eigenvalue weighted by Gasteiger charge is -2.42. The van der Waals surface area contributed by atoms with E-state index in [9.17, 15) is 0 Å². The van der Waals surface area contributed by atoms with Gasteiger partial charge in [-0.3, -0.25) is 4.90 Å². The van der Waals surface area contributed by atoms with Crippen LogP contribution in [0.1, 0.15) is 34.6 Å². The largest absolute Gasteiger partial charge is 0.375 e. The average molecular weight is 214 g/mol. The second-order valence-electron chi connectivity index (χ2n) is 5.71. The molecule has 0 aliphatic carbocycles. The molecule has 15 heavy (non-hydrogen) atoms. The Labute approximate surface area is 94.2 Å². The summed E-state index contributed by atoms with van der Waals surface area (Å²) in [6.45, 7) is 16.0. The van der Waals surface area contributed by atoms with Gasteiger partial charge in [0, 0.05) is 38.3 Å². The van der Waals surface area contributed by atoms with Gasteiger partial charge in [-0.25, -0.2) is 0 Å². The maximum absolute atomic E-state index is 5.74. The number of nitrogens with zero attached hydrogens (tertiary/aromatic N) is 1. The molecule has 0 aromatic rings. The first-order valence-electron chi connectivity index (χ1n) is 5.96. The quantitative estimate of drug-likeness (QED) is 0.767. The van der Waals surface area contributed by atoms with Crippen LogP contribution >= 0.6 is 0 Å². The van der Waals surface area contributed by atoms with E-state index in [2.05, 4.69) is 44.8 Å². The maximum Gasteiger partial charge on any atom is 0.0752 e. The van der Waals surface area contributed by atoms with Gasteiger partial charge in [0.2, 0.25) is 0 Å². The van der Waals surface area contributed by atoms with Crippen LogP contribution in [-0.4, -0.2) is 48.8 Å². The number of hydrogen-bond donors (Lipinski definition) is 1. The van der Waals surface area contributed by atoms with E-state index in [-0.39, 0.29) is 11.1 Å². The topological polar surface area (TPSA) is 24.5 Å². The number of ether oxygens (including phenoxy) is 1. The summed E-state index contributed by atoms with van der Waals surface area (Å²) in [6, 6.07) is 0. The number of rotatable bonds is 4. The Morgan fingerprint density at radius 3 is 2.60 bits per heavy atom. The Balaban J connectivity index is 2.44. The molecule has 0 aromatic heterocycles. The monoisotopic (exact) mass is 214 g/mol. The summed E-state index contributed by atoms with van der Waals surface area (Å²) in [5, 5.41) is 3.52. The molecule has 1 aliphatic rings. The van der Waals surface area contributed by atoms with Gasteiger partial charge in [0.1, 0.15) is 0 Å². The summed E-state index contributed by atoms with van der Waals surface area (Å²) in [5.74, 6) is 0. The molecule has 1 N–H and O–H groups in total. The average Bonchev–Trinajstić information content (AvgIpc) is 1.99. The third-order valence-electron chi connectivity index (χ3n) is 2.79. The molecule has 0 amide bonds.